The molecule has 1 aliphatic heterocycles. The van der Waals surface area contributed by atoms with Gasteiger partial charge in [0.15, 0.2) is 0 Å². The van der Waals surface area contributed by atoms with Crippen LogP contribution in [0.15, 0.2) is 97.1 Å². The van der Waals surface area contributed by atoms with Crippen LogP contribution in [-0.4, -0.2) is 94.2 Å². The zero-order valence-corrected chi connectivity index (χ0v) is 40.7. The maximum Gasteiger partial charge on any atom is 0.425 e. The number of fused-ring (bicyclic) bond motifs is 3. The van der Waals surface area contributed by atoms with Crippen LogP contribution in [0.5, 0.6) is 11.5 Å². The lowest BCUT2D eigenvalue weighted by atomic mass is 9.73. The molecule has 4 aliphatic rings. The summed E-state index contributed by atoms with van der Waals surface area (Å²) in [5, 5.41) is 12.7. The van der Waals surface area contributed by atoms with E-state index in [0.717, 1.165) is 49.8 Å². The highest BCUT2D eigenvalue weighted by Crippen LogP contribution is 2.48. The third-order valence-corrected chi connectivity index (χ3v) is 13.4. The van der Waals surface area contributed by atoms with Crippen LogP contribution in [0.1, 0.15) is 133 Å². The number of carbonyl (C=O) groups excluding carboxylic acids is 5. The van der Waals surface area contributed by atoms with Crippen molar-refractivity contribution in [1.29, 1.82) is 0 Å². The van der Waals surface area contributed by atoms with Crippen molar-refractivity contribution in [3.8, 4) is 22.6 Å². The van der Waals surface area contributed by atoms with Gasteiger partial charge in [-0.05, 0) is 162 Å². The van der Waals surface area contributed by atoms with Crippen molar-refractivity contribution in [1.82, 2.24) is 15.1 Å². The molecule has 1 spiro atoms. The number of aliphatic carboxylic acids is 1. The number of hydrogen-bond acceptors (Lipinski definition) is 11. The minimum Gasteiger partial charge on any atom is -0.497 e. The summed E-state index contributed by atoms with van der Waals surface area (Å²) in [4.78, 5) is 79.1. The lowest BCUT2D eigenvalue weighted by Gasteiger charge is -2.40. The first kappa shape index (κ1) is 50.0. The highest BCUT2D eigenvalue weighted by atomic mass is 16.6. The first-order valence-corrected chi connectivity index (χ1v) is 23.5. The monoisotopic (exact) mass is 945 g/mol. The third kappa shape index (κ3) is 10.7. The average Bonchev–Trinajstić information content (AvgIpc) is 3.74. The second-order valence-corrected chi connectivity index (χ2v) is 20.2. The van der Waals surface area contributed by atoms with Gasteiger partial charge in [0.05, 0.1) is 14.2 Å². The number of methoxy groups -OCH3 is 2. The van der Waals surface area contributed by atoms with E-state index in [0.29, 0.717) is 43.4 Å². The van der Waals surface area contributed by atoms with Crippen LogP contribution in [0, 0.1) is 0 Å². The van der Waals surface area contributed by atoms with Crippen LogP contribution < -0.4 is 14.8 Å². The van der Waals surface area contributed by atoms with Gasteiger partial charge in [-0.3, -0.25) is 4.79 Å². The molecule has 1 saturated heterocycles. The lowest BCUT2D eigenvalue weighted by Crippen LogP contribution is -2.56. The van der Waals surface area contributed by atoms with Crippen LogP contribution in [-0.2, 0) is 23.8 Å². The Bertz CT molecular complexity index is 2530. The van der Waals surface area contributed by atoms with E-state index in [1.165, 1.54) is 0 Å². The Morgan fingerprint density at radius 1 is 0.652 bits per heavy atom. The van der Waals surface area contributed by atoms with Gasteiger partial charge in [0.25, 0.3) is 5.91 Å². The largest absolute Gasteiger partial charge is 0.497 e. The van der Waals surface area contributed by atoms with Gasteiger partial charge in [-0.15, -0.1) is 0 Å². The number of urea groups is 1. The fraction of sp³-hybridized carbons (Fsp3) is 0.444. The normalized spacial score (nSPS) is 22.1. The second-order valence-electron chi connectivity index (χ2n) is 20.2. The number of carboxylic acid groups (broad SMARTS) is 1. The van der Waals surface area contributed by atoms with E-state index >= 15 is 0 Å². The van der Waals surface area contributed by atoms with Crippen molar-refractivity contribution in [2.24, 2.45) is 0 Å². The predicted octanol–water partition coefficient (Wildman–Crippen LogP) is 10.9. The van der Waals surface area contributed by atoms with Crippen molar-refractivity contribution >= 4 is 36.2 Å². The van der Waals surface area contributed by atoms with Crippen LogP contribution in [0.4, 0.5) is 19.2 Å². The average molecular weight is 946 g/mol. The summed E-state index contributed by atoms with van der Waals surface area (Å²) in [6, 6.07) is 30.8. The molecule has 2 saturated carbocycles. The fourth-order valence-corrected chi connectivity index (χ4v) is 10.0. The first-order chi connectivity index (χ1) is 32.7. The standard InChI is InChI=1S/C29H29NO5.C25H34N2O7/c1-34-21-8-6-7-20(17-21)19-13-15-29(16-14-19,27(31)32)30-28(33)35-18-26-24-11-4-2-9-22(24)23-10-3-5-12-25(23)26;1-23(2,3)33-21(30)26-19(28)25(27(20(26)29)22(31)34-24(4,5)6)13-11-16(12-14-25)17-9-8-10-18(15-17)32-7/h2-12,17,19,26H,13-16,18H2,1H3,(H,30,33)(H,31,32);8-10,15-16H,11-14H2,1-7H3. The molecule has 4 aromatic rings. The van der Waals surface area contributed by atoms with Crippen molar-refractivity contribution in [3.05, 3.63) is 119 Å². The number of amides is 6. The molecule has 6 amide bonds. The van der Waals surface area contributed by atoms with E-state index < -0.39 is 58.5 Å². The SMILES string of the molecule is COc1cccc(C2CCC(NC(=O)OCC3c4ccccc4-c4ccccc43)(C(=O)O)CC2)c1.COc1cccc(C2CCC3(CC2)C(=O)N(C(=O)OC(C)(C)C)C(=O)N3C(=O)OC(C)(C)C)c1. The molecule has 0 radical (unpaired) electrons. The Labute approximate surface area is 403 Å². The quantitative estimate of drug-likeness (QED) is 0.126. The number of carboxylic acids is 1. The second kappa shape index (κ2) is 20.0. The molecule has 0 atom stereocenters. The van der Waals surface area contributed by atoms with Gasteiger partial charge in [-0.1, -0.05) is 72.8 Å². The van der Waals surface area contributed by atoms with Gasteiger partial charge in [-0.25, -0.2) is 28.9 Å². The number of nitrogens with one attached hydrogen (secondary N) is 1. The highest BCUT2D eigenvalue weighted by molar-refractivity contribution is 6.20. The van der Waals surface area contributed by atoms with E-state index in [1.54, 1.807) is 55.8 Å². The molecule has 1 heterocycles. The number of benzene rings is 4. The van der Waals surface area contributed by atoms with E-state index in [-0.39, 0.29) is 37.2 Å². The Morgan fingerprint density at radius 3 is 1.58 bits per heavy atom. The number of imide groups is 4. The zero-order valence-electron chi connectivity index (χ0n) is 40.7. The van der Waals surface area contributed by atoms with E-state index in [4.69, 9.17) is 23.7 Å². The predicted molar refractivity (Wildman–Crippen MR) is 256 cm³/mol. The maximum absolute atomic E-state index is 13.6. The van der Waals surface area contributed by atoms with Crippen molar-refractivity contribution in [2.75, 3.05) is 20.8 Å². The number of rotatable bonds is 8. The number of nitrogens with zero attached hydrogens (tertiary/aromatic N) is 2. The fourth-order valence-electron chi connectivity index (χ4n) is 10.0. The van der Waals surface area contributed by atoms with Crippen LogP contribution in [0.3, 0.4) is 0 Å². The van der Waals surface area contributed by atoms with E-state index in [1.807, 2.05) is 72.8 Å². The van der Waals surface area contributed by atoms with Gasteiger partial charge in [-0.2, -0.15) is 4.90 Å². The smallest absolute Gasteiger partial charge is 0.425 e. The summed E-state index contributed by atoms with van der Waals surface area (Å²) in [6.07, 6.45) is 0.750. The molecule has 15 nitrogen and oxygen atoms in total. The molecular weight excluding hydrogens is 883 g/mol. The van der Waals surface area contributed by atoms with Crippen LogP contribution in [0.2, 0.25) is 0 Å². The summed E-state index contributed by atoms with van der Waals surface area (Å²) in [7, 11) is 3.23. The van der Waals surface area contributed by atoms with Gasteiger partial charge in [0, 0.05) is 5.92 Å². The van der Waals surface area contributed by atoms with Gasteiger partial charge >= 0.3 is 30.3 Å². The minimum absolute atomic E-state index is 0.0716. The number of hydrogen-bond donors (Lipinski definition) is 2. The summed E-state index contributed by atoms with van der Waals surface area (Å²) in [6.45, 7) is 10.1. The molecule has 0 bridgehead atoms. The molecule has 3 aliphatic carbocycles. The molecule has 15 heteroatoms. The Morgan fingerprint density at radius 2 is 1.12 bits per heavy atom. The number of ether oxygens (including phenoxy) is 5. The molecule has 0 aromatic heterocycles. The first-order valence-electron chi connectivity index (χ1n) is 23.5. The van der Waals surface area contributed by atoms with Gasteiger partial charge < -0.3 is 34.1 Å². The van der Waals surface area contributed by atoms with Gasteiger partial charge in [0.2, 0.25) is 0 Å². The third-order valence-electron chi connectivity index (χ3n) is 13.4. The van der Waals surface area contributed by atoms with Crippen molar-refractivity contribution < 1.29 is 57.6 Å². The number of carbonyl (C=O) groups is 6. The molecule has 3 fully saturated rings. The van der Waals surface area contributed by atoms with Crippen LogP contribution in [0.25, 0.3) is 11.1 Å². The van der Waals surface area contributed by atoms with Gasteiger partial charge in [0.1, 0.15) is 40.4 Å². The molecule has 4 aromatic carbocycles. The molecule has 2 N–H and O–H groups in total. The van der Waals surface area contributed by atoms with Crippen LogP contribution >= 0.6 is 0 Å². The molecule has 366 valence electrons. The van der Waals surface area contributed by atoms with Crippen molar-refractivity contribution in [3.63, 3.8) is 0 Å². The molecule has 8 rings (SSSR count). The maximum atomic E-state index is 13.6. The van der Waals surface area contributed by atoms with Crippen molar-refractivity contribution in [2.45, 2.75) is 133 Å². The Hall–Kier alpha value is -6.90. The Balaban J connectivity index is 0.000000204. The minimum atomic E-state index is -1.49. The molecular formula is C54H63N3O12. The molecule has 0 unspecified atom stereocenters. The topological polar surface area (TPSA) is 187 Å². The Kier molecular flexibility index (Phi) is 14.5. The number of alkyl carbamates (subject to hydrolysis) is 1. The lowest BCUT2D eigenvalue weighted by molar-refractivity contribution is -0.146. The van der Waals surface area contributed by atoms with E-state index in [9.17, 15) is 33.9 Å². The summed E-state index contributed by atoms with van der Waals surface area (Å²) < 4.78 is 27.0. The van der Waals surface area contributed by atoms with E-state index in [2.05, 4.69) is 29.6 Å². The zero-order chi connectivity index (χ0) is 49.9. The molecule has 69 heavy (non-hydrogen) atoms. The highest BCUT2D eigenvalue weighted by Gasteiger charge is 2.64. The summed E-state index contributed by atoms with van der Waals surface area (Å²) >= 11 is 0. The summed E-state index contributed by atoms with van der Waals surface area (Å²) in [5.41, 5.74) is 2.09. The summed E-state index contributed by atoms with van der Waals surface area (Å²) in [5.74, 6) is 0.0156.